The number of hydrogen-bond donors (Lipinski definition) is 0. The highest BCUT2D eigenvalue weighted by Gasteiger charge is 2.90. The van der Waals surface area contributed by atoms with Crippen LogP contribution in [0.5, 0.6) is 0 Å². The van der Waals surface area contributed by atoms with Gasteiger partial charge >= 0.3 is 10.6 Å². The van der Waals surface area contributed by atoms with Crippen molar-refractivity contribution in [3.8, 4) is 0 Å². The molecule has 0 atom stereocenters. The van der Waals surface area contributed by atoms with Gasteiger partial charge in [-0.05, 0) is 35.9 Å². The molecule has 0 aliphatic carbocycles. The number of hydrogen-bond acceptors (Lipinski definition) is 0. The topological polar surface area (TPSA) is 0 Å². The second-order valence-corrected chi connectivity index (χ2v) is 8.05. The summed E-state index contributed by atoms with van der Waals surface area (Å²) in [6, 6.07) is 1.05. The van der Waals surface area contributed by atoms with Crippen LogP contribution in [0.2, 0.25) is 0 Å². The summed E-state index contributed by atoms with van der Waals surface area (Å²) < 4.78 is 104. The number of rotatable bonds is 3. The highest BCUT2D eigenvalue weighted by molar-refractivity contribution is 9.10. The van der Waals surface area contributed by atoms with Gasteiger partial charge in [-0.1, -0.05) is 15.9 Å². The van der Waals surface area contributed by atoms with Crippen molar-refractivity contribution in [3.05, 3.63) is 28.7 Å². The van der Waals surface area contributed by atoms with Gasteiger partial charge in [-0.3, -0.25) is 0 Å². The molecule has 1 aromatic carbocycles. The Morgan fingerprint density at radius 3 is 1.58 bits per heavy atom. The first-order valence-electron chi connectivity index (χ1n) is 4.23. The highest BCUT2D eigenvalue weighted by Crippen LogP contribution is 3.08. The van der Waals surface area contributed by atoms with E-state index in [9.17, 15) is 33.1 Å². The van der Waals surface area contributed by atoms with Crippen LogP contribution in [0, 0.1) is 0 Å². The average Bonchev–Trinajstić information content (AvgIpc) is 2.14. The fourth-order valence-electron chi connectivity index (χ4n) is 1.09. The minimum Gasteiger partial charge on any atom is -0.180 e. The maximum atomic E-state index is 13.4. The molecule has 19 heavy (non-hydrogen) atoms. The molecule has 0 aliphatic heterocycles. The van der Waals surface area contributed by atoms with Gasteiger partial charge in [0.15, 0.2) is 0 Å². The largest absolute Gasteiger partial charge is 0.434 e. The summed E-state index contributed by atoms with van der Waals surface area (Å²) in [4.78, 5) is -2.49. The highest BCUT2D eigenvalue weighted by atomic mass is 79.9. The Hall–Kier alpha value is -0.220. The first-order chi connectivity index (χ1) is 8.03. The summed E-state index contributed by atoms with van der Waals surface area (Å²) in [6.45, 7) is 0. The maximum absolute atomic E-state index is 13.4. The van der Waals surface area contributed by atoms with E-state index in [2.05, 4.69) is 27.5 Å². The van der Waals surface area contributed by atoms with Crippen LogP contribution in [0.4, 0.5) is 33.1 Å². The molecule has 0 radical (unpaired) electrons. The zero-order chi connectivity index (χ0) is 15.4. The van der Waals surface area contributed by atoms with Crippen molar-refractivity contribution >= 4 is 37.4 Å². The van der Waals surface area contributed by atoms with Crippen LogP contribution in [0.1, 0.15) is 0 Å². The predicted molar refractivity (Wildman–Crippen MR) is 60.2 cm³/mol. The van der Waals surface area contributed by atoms with Crippen LogP contribution in [0.3, 0.4) is 0 Å². The molecule has 0 bridgehead atoms. The normalized spacial score (nSPS) is 17.8. The average molecular weight is 400 g/mol. The molecule has 0 nitrogen and oxygen atoms in total. The van der Waals surface area contributed by atoms with Gasteiger partial charge in [0.2, 0.25) is 9.84 Å². The summed E-state index contributed by atoms with van der Waals surface area (Å²) in [5.41, 5.74) is 0. The van der Waals surface area contributed by atoms with Gasteiger partial charge in [0.1, 0.15) is 0 Å². The zero-order valence-electron chi connectivity index (χ0n) is 8.50. The van der Waals surface area contributed by atoms with Crippen LogP contribution in [-0.4, -0.2) is 10.6 Å². The molecule has 0 unspecified atom stereocenters. The quantitative estimate of drug-likeness (QED) is 0.394. The number of benzene rings is 1. The Morgan fingerprint density at radius 2 is 1.26 bits per heavy atom. The summed E-state index contributed by atoms with van der Waals surface area (Å²) in [5, 5.41) is -13.1. The lowest BCUT2D eigenvalue weighted by molar-refractivity contribution is -0.113. The standard InChI is InChI=1S/C8H4BrClF8S/c9-5-1-3-6(4-2-5)19(15,16,17,18)8(13,14)7(10,11)12/h1-4H. The van der Waals surface area contributed by atoms with E-state index in [1.807, 2.05) is 0 Å². The molecule has 0 amide bonds. The van der Waals surface area contributed by atoms with Crippen molar-refractivity contribution in [2.24, 2.45) is 0 Å². The smallest absolute Gasteiger partial charge is 0.180 e. The zero-order valence-corrected chi connectivity index (χ0v) is 11.7. The molecule has 0 heterocycles. The molecular weight excluding hydrogens is 395 g/mol. The summed E-state index contributed by atoms with van der Waals surface area (Å²) in [7, 11) is -10.6. The van der Waals surface area contributed by atoms with E-state index in [-0.39, 0.29) is 16.6 Å². The number of alkyl halides is 5. The van der Waals surface area contributed by atoms with Gasteiger partial charge in [-0.25, -0.2) is 0 Å². The number of halogens is 10. The molecule has 0 fully saturated rings. The van der Waals surface area contributed by atoms with Crippen molar-refractivity contribution in [2.75, 3.05) is 0 Å². The van der Waals surface area contributed by atoms with Crippen LogP contribution in [0.15, 0.2) is 33.6 Å². The van der Waals surface area contributed by atoms with Gasteiger partial charge in [-0.2, -0.15) is 17.6 Å². The minimum absolute atomic E-state index is 0.0191. The monoisotopic (exact) mass is 398 g/mol. The van der Waals surface area contributed by atoms with Crippen molar-refractivity contribution in [1.29, 1.82) is 0 Å². The molecule has 1 aromatic rings. The van der Waals surface area contributed by atoms with Crippen LogP contribution in [-0.2, 0) is 0 Å². The van der Waals surface area contributed by atoms with Gasteiger partial charge < -0.3 is 0 Å². The van der Waals surface area contributed by atoms with E-state index in [0.717, 1.165) is 0 Å². The van der Waals surface area contributed by atoms with Gasteiger partial charge in [0.25, 0.3) is 0 Å². The lowest BCUT2D eigenvalue weighted by Crippen LogP contribution is -2.47. The summed E-state index contributed by atoms with van der Waals surface area (Å²) in [6.07, 6.45) is 0. The van der Waals surface area contributed by atoms with E-state index in [1.165, 1.54) is 0 Å². The van der Waals surface area contributed by atoms with Gasteiger partial charge in [-0.15, -0.1) is 15.5 Å². The van der Waals surface area contributed by atoms with Crippen molar-refractivity contribution in [3.63, 3.8) is 0 Å². The van der Waals surface area contributed by atoms with Gasteiger partial charge in [0.05, 0.1) is 4.90 Å². The van der Waals surface area contributed by atoms with Crippen molar-refractivity contribution in [2.45, 2.75) is 15.5 Å². The second-order valence-electron chi connectivity index (χ2n) is 3.54. The molecule has 11 heteroatoms. The van der Waals surface area contributed by atoms with Crippen molar-refractivity contribution < 1.29 is 33.1 Å². The van der Waals surface area contributed by atoms with E-state index >= 15 is 0 Å². The molecule has 112 valence electrons. The molecule has 0 aliphatic rings. The third kappa shape index (κ3) is 2.31. The summed E-state index contributed by atoms with van der Waals surface area (Å²) in [5.74, 6) is 0. The van der Waals surface area contributed by atoms with Gasteiger partial charge in [0, 0.05) is 4.47 Å². The Balaban J connectivity index is 3.68. The third-order valence-corrected chi connectivity index (χ3v) is 5.52. The van der Waals surface area contributed by atoms with E-state index in [0.29, 0.717) is 12.1 Å². The Kier molecular flexibility index (Phi) is 3.28. The second kappa shape index (κ2) is 3.70. The van der Waals surface area contributed by atoms with E-state index in [1.54, 1.807) is 0 Å². The van der Waals surface area contributed by atoms with Crippen LogP contribution < -0.4 is 0 Å². The van der Waals surface area contributed by atoms with Crippen molar-refractivity contribution in [1.82, 2.24) is 0 Å². The van der Waals surface area contributed by atoms with E-state index < -0.39 is 25.4 Å². The molecule has 0 saturated heterocycles. The molecule has 0 aromatic heterocycles. The molecule has 0 saturated carbocycles. The minimum atomic E-state index is -10.6. The fraction of sp³-hybridized carbons (Fsp3) is 0.250. The molecule has 0 spiro atoms. The van der Waals surface area contributed by atoms with Crippen LogP contribution in [0.25, 0.3) is 0 Å². The Labute approximate surface area is 115 Å². The fourth-order valence-corrected chi connectivity index (χ4v) is 3.26. The molecule has 0 N–H and O–H groups in total. The Morgan fingerprint density at radius 1 is 0.895 bits per heavy atom. The van der Waals surface area contributed by atoms with E-state index in [4.69, 9.17) is 0 Å². The lowest BCUT2D eigenvalue weighted by Gasteiger charge is -2.54. The first-order valence-corrected chi connectivity index (χ1v) is 7.45. The molecular formula is C8H4BrClF8S. The van der Waals surface area contributed by atoms with Crippen LogP contribution >= 0.6 is 37.4 Å². The Bertz CT molecular complexity index is 501. The lowest BCUT2D eigenvalue weighted by atomic mass is 10.4. The molecule has 1 rings (SSSR count). The third-order valence-electron chi connectivity index (χ3n) is 2.13. The predicted octanol–water partition coefficient (Wildman–Crippen LogP) is 6.65. The summed E-state index contributed by atoms with van der Waals surface area (Å²) >= 11 is 6.45. The first kappa shape index (κ1) is 16.8. The maximum Gasteiger partial charge on any atom is 0.434 e. The SMILES string of the molecule is FC(F)(Cl)C(F)(F)S(F)(F)(F)(F)c1ccc(Br)cc1.